The molecule has 1 saturated carbocycles. The van der Waals surface area contributed by atoms with E-state index in [1.807, 2.05) is 25.7 Å². The average molecular weight is 291 g/mol. The smallest absolute Gasteiger partial charge is 0.410 e. The molecule has 0 N–H and O–H groups in total. The number of amides is 1. The van der Waals surface area contributed by atoms with E-state index in [0.717, 1.165) is 25.1 Å². The highest BCUT2D eigenvalue weighted by atomic mass is 16.6. The normalized spacial score (nSPS) is 19.7. The number of carbonyl (C=O) groups is 1. The summed E-state index contributed by atoms with van der Waals surface area (Å²) in [7, 11) is 0. The highest BCUT2D eigenvalue weighted by Crippen LogP contribution is 2.32. The average Bonchev–Trinajstić information content (AvgIpc) is 2.55. The lowest BCUT2D eigenvalue weighted by molar-refractivity contribution is 0.0236. The Morgan fingerprint density at radius 1 is 1.33 bits per heavy atom. The Kier molecular flexibility index (Phi) is 3.68. The first-order chi connectivity index (χ1) is 9.92. The van der Waals surface area contributed by atoms with E-state index in [-0.39, 0.29) is 6.09 Å². The Labute approximate surface area is 126 Å². The molecule has 5 nitrogen and oxygen atoms in total. The van der Waals surface area contributed by atoms with Crippen LogP contribution in [0.2, 0.25) is 0 Å². The van der Waals surface area contributed by atoms with Crippen LogP contribution in [0.4, 0.5) is 4.79 Å². The fraction of sp³-hybridized carbons (Fsp3) is 0.750. The summed E-state index contributed by atoms with van der Waals surface area (Å²) in [5.74, 6) is 0. The molecule has 1 amide bonds. The number of rotatable bonds is 1. The van der Waals surface area contributed by atoms with Crippen LogP contribution < -0.4 is 0 Å². The molecule has 0 spiro atoms. The number of hydrogen-bond donors (Lipinski definition) is 0. The van der Waals surface area contributed by atoms with Crippen LogP contribution in [0.25, 0.3) is 0 Å². The molecule has 0 radical (unpaired) electrons. The van der Waals surface area contributed by atoms with Gasteiger partial charge in [-0.25, -0.2) is 4.79 Å². The second-order valence-electron chi connectivity index (χ2n) is 7.17. The van der Waals surface area contributed by atoms with Crippen molar-refractivity contribution >= 4 is 6.09 Å². The van der Waals surface area contributed by atoms with Crippen molar-refractivity contribution in [3.8, 4) is 0 Å². The minimum Gasteiger partial charge on any atom is -0.444 e. The van der Waals surface area contributed by atoms with Crippen molar-refractivity contribution in [3.05, 3.63) is 17.5 Å². The van der Waals surface area contributed by atoms with Crippen molar-refractivity contribution in [1.29, 1.82) is 0 Å². The summed E-state index contributed by atoms with van der Waals surface area (Å²) in [6.07, 6.45) is 7.60. The van der Waals surface area contributed by atoms with Crippen molar-refractivity contribution < 1.29 is 9.53 Å². The summed E-state index contributed by atoms with van der Waals surface area (Å²) in [5.41, 5.74) is 1.90. The molecule has 0 aromatic carbocycles. The van der Waals surface area contributed by atoms with Crippen LogP contribution in [0, 0.1) is 0 Å². The molecule has 116 valence electrons. The first-order valence-corrected chi connectivity index (χ1v) is 7.97. The molecule has 1 aromatic heterocycles. The van der Waals surface area contributed by atoms with Crippen molar-refractivity contribution in [3.63, 3.8) is 0 Å². The van der Waals surface area contributed by atoms with Gasteiger partial charge in [0.1, 0.15) is 5.60 Å². The molecule has 0 bridgehead atoms. The molecule has 2 aliphatic rings. The summed E-state index contributed by atoms with van der Waals surface area (Å²) in [5, 5.41) is 4.74. The zero-order valence-corrected chi connectivity index (χ0v) is 13.3. The van der Waals surface area contributed by atoms with Crippen molar-refractivity contribution in [2.45, 2.75) is 71.1 Å². The first-order valence-electron chi connectivity index (χ1n) is 7.97. The largest absolute Gasteiger partial charge is 0.444 e. The van der Waals surface area contributed by atoms with E-state index in [2.05, 4.69) is 10.9 Å². The Morgan fingerprint density at radius 2 is 2.10 bits per heavy atom. The van der Waals surface area contributed by atoms with E-state index < -0.39 is 5.60 Å². The molecule has 2 heterocycles. The fourth-order valence-corrected chi connectivity index (χ4v) is 2.85. The van der Waals surface area contributed by atoms with Gasteiger partial charge in [0.25, 0.3) is 0 Å². The van der Waals surface area contributed by atoms with Crippen LogP contribution in [0.5, 0.6) is 0 Å². The molecule has 1 aliphatic heterocycles. The number of hydrogen-bond acceptors (Lipinski definition) is 3. The van der Waals surface area contributed by atoms with E-state index in [1.54, 1.807) is 0 Å². The van der Waals surface area contributed by atoms with Gasteiger partial charge < -0.3 is 9.64 Å². The van der Waals surface area contributed by atoms with Crippen LogP contribution in [0.1, 0.15) is 63.8 Å². The molecule has 0 unspecified atom stereocenters. The van der Waals surface area contributed by atoms with Gasteiger partial charge in [0.2, 0.25) is 0 Å². The highest BCUT2D eigenvalue weighted by molar-refractivity contribution is 5.68. The van der Waals surface area contributed by atoms with Gasteiger partial charge >= 0.3 is 6.09 Å². The lowest BCUT2D eigenvalue weighted by Gasteiger charge is -2.27. The molecule has 1 aromatic rings. The van der Waals surface area contributed by atoms with Crippen LogP contribution in [0.15, 0.2) is 6.20 Å². The molecule has 0 saturated heterocycles. The Balaban J connectivity index is 1.72. The van der Waals surface area contributed by atoms with Crippen LogP contribution in [0.3, 0.4) is 0 Å². The summed E-state index contributed by atoms with van der Waals surface area (Å²) < 4.78 is 7.61. The minimum absolute atomic E-state index is 0.216. The van der Waals surface area contributed by atoms with Gasteiger partial charge in [-0.15, -0.1) is 0 Å². The first kappa shape index (κ1) is 14.4. The lowest BCUT2D eigenvalue weighted by atomic mass is 9.93. The van der Waals surface area contributed by atoms with Gasteiger partial charge in [-0.2, -0.15) is 5.10 Å². The van der Waals surface area contributed by atoms with Crippen LogP contribution >= 0.6 is 0 Å². The van der Waals surface area contributed by atoms with E-state index >= 15 is 0 Å². The Bertz CT molecular complexity index is 526. The summed E-state index contributed by atoms with van der Waals surface area (Å²) in [6.45, 7) is 7.08. The third-order valence-corrected chi connectivity index (χ3v) is 4.20. The third kappa shape index (κ3) is 3.22. The number of carbonyl (C=O) groups excluding carboxylic acids is 1. The van der Waals surface area contributed by atoms with Crippen molar-refractivity contribution in [2.24, 2.45) is 0 Å². The maximum absolute atomic E-state index is 12.3. The maximum atomic E-state index is 12.3. The number of ether oxygens (including phenoxy) is 1. The second kappa shape index (κ2) is 5.35. The van der Waals surface area contributed by atoms with Crippen LogP contribution in [-0.4, -0.2) is 32.9 Å². The minimum atomic E-state index is -0.442. The molecular formula is C16H25N3O2. The van der Waals surface area contributed by atoms with E-state index in [4.69, 9.17) is 9.84 Å². The maximum Gasteiger partial charge on any atom is 0.410 e. The molecule has 3 rings (SSSR count). The lowest BCUT2D eigenvalue weighted by Crippen LogP contribution is -2.36. The monoisotopic (exact) mass is 291 g/mol. The predicted octanol–water partition coefficient (Wildman–Crippen LogP) is 3.29. The summed E-state index contributed by atoms with van der Waals surface area (Å²) in [4.78, 5) is 14.1. The van der Waals surface area contributed by atoms with Gasteiger partial charge in [0.15, 0.2) is 0 Å². The topological polar surface area (TPSA) is 47.4 Å². The quantitative estimate of drug-likeness (QED) is 0.797. The zero-order valence-electron chi connectivity index (χ0n) is 13.3. The standard InChI is InChI=1S/C16H25N3O2/c1-16(2,3)21-15(20)18-9-5-8-14-12(10-18)11-19(17-14)13-6-4-7-13/h11,13H,4-10H2,1-3H3. The van der Waals surface area contributed by atoms with Crippen molar-refractivity contribution in [1.82, 2.24) is 14.7 Å². The van der Waals surface area contributed by atoms with Gasteiger partial charge in [-0.3, -0.25) is 4.68 Å². The number of aryl methyl sites for hydroxylation is 1. The highest BCUT2D eigenvalue weighted by Gasteiger charge is 2.27. The van der Waals surface area contributed by atoms with E-state index in [9.17, 15) is 4.79 Å². The number of aromatic nitrogens is 2. The third-order valence-electron chi connectivity index (χ3n) is 4.20. The predicted molar refractivity (Wildman–Crippen MR) is 80.1 cm³/mol. The van der Waals surface area contributed by atoms with E-state index in [1.165, 1.54) is 24.8 Å². The summed E-state index contributed by atoms with van der Waals surface area (Å²) in [6, 6.07) is 0.576. The Hall–Kier alpha value is -1.52. The van der Waals surface area contributed by atoms with Gasteiger partial charge in [-0.1, -0.05) is 0 Å². The van der Waals surface area contributed by atoms with Gasteiger partial charge in [-0.05, 0) is 52.9 Å². The Morgan fingerprint density at radius 3 is 2.71 bits per heavy atom. The zero-order chi connectivity index (χ0) is 15.0. The van der Waals surface area contributed by atoms with Crippen molar-refractivity contribution in [2.75, 3.05) is 6.54 Å². The molecule has 21 heavy (non-hydrogen) atoms. The summed E-state index contributed by atoms with van der Waals surface area (Å²) >= 11 is 0. The molecule has 1 aliphatic carbocycles. The molecular weight excluding hydrogens is 266 g/mol. The second-order valence-corrected chi connectivity index (χ2v) is 7.17. The molecule has 5 heteroatoms. The number of nitrogens with zero attached hydrogens (tertiary/aromatic N) is 3. The molecule has 0 atom stereocenters. The van der Waals surface area contributed by atoms with E-state index in [0.29, 0.717) is 12.6 Å². The molecule has 1 fully saturated rings. The van der Waals surface area contributed by atoms with Gasteiger partial charge in [0.05, 0.1) is 18.3 Å². The van der Waals surface area contributed by atoms with Crippen LogP contribution in [-0.2, 0) is 17.7 Å². The fourth-order valence-electron chi connectivity index (χ4n) is 2.85. The SMILES string of the molecule is CC(C)(C)OC(=O)N1CCCc2nn(C3CCC3)cc2C1. The number of fused-ring (bicyclic) bond motifs is 1. The van der Waals surface area contributed by atoms with Gasteiger partial charge in [0, 0.05) is 18.3 Å².